The predicted octanol–water partition coefficient (Wildman–Crippen LogP) is 6.32. The number of aromatic nitrogens is 1. The third-order valence-corrected chi connectivity index (χ3v) is 4.75. The zero-order chi connectivity index (χ0) is 22.2. The summed E-state index contributed by atoms with van der Waals surface area (Å²) in [5.74, 6) is 0.184. The summed E-state index contributed by atoms with van der Waals surface area (Å²) in [4.78, 5) is 4.39. The van der Waals surface area contributed by atoms with Crippen LogP contribution >= 0.6 is 0 Å². The molecule has 0 fully saturated rings. The second-order valence-electron chi connectivity index (χ2n) is 7.12. The van der Waals surface area contributed by atoms with Gasteiger partial charge in [-0.1, -0.05) is 12.1 Å². The van der Waals surface area contributed by atoms with Crippen LogP contribution in [0.2, 0.25) is 0 Å². The van der Waals surface area contributed by atoms with Crippen LogP contribution in [-0.4, -0.2) is 4.98 Å². The molecular formula is C25H22FN5. The van der Waals surface area contributed by atoms with Gasteiger partial charge < -0.3 is 10.6 Å². The van der Waals surface area contributed by atoms with E-state index in [9.17, 15) is 4.39 Å². The fourth-order valence-corrected chi connectivity index (χ4v) is 3.24. The fraction of sp³-hybridized carbons (Fsp3) is 0.160. The molecule has 3 rings (SSSR count). The number of pyridine rings is 1. The Balaban J connectivity index is 1.79. The smallest absolute Gasteiger partial charge is 0.168 e. The van der Waals surface area contributed by atoms with E-state index in [1.54, 1.807) is 12.1 Å². The molecule has 0 aliphatic heterocycles. The van der Waals surface area contributed by atoms with Gasteiger partial charge in [0.25, 0.3) is 0 Å². The minimum Gasteiger partial charge on any atom is -0.340 e. The van der Waals surface area contributed by atoms with Crippen LogP contribution in [0.5, 0.6) is 0 Å². The predicted molar refractivity (Wildman–Crippen MR) is 122 cm³/mol. The summed E-state index contributed by atoms with van der Waals surface area (Å²) in [7, 11) is 0. The lowest BCUT2D eigenvalue weighted by atomic mass is 10.0. The van der Waals surface area contributed by atoms with Gasteiger partial charge >= 0.3 is 0 Å². The number of halogens is 1. The fourth-order valence-electron chi connectivity index (χ4n) is 3.24. The molecule has 2 N–H and O–H groups in total. The van der Waals surface area contributed by atoms with Gasteiger partial charge in [0.1, 0.15) is 5.82 Å². The molecule has 154 valence electrons. The number of benzene rings is 2. The van der Waals surface area contributed by atoms with Crippen LogP contribution < -0.4 is 10.6 Å². The van der Waals surface area contributed by atoms with Crippen molar-refractivity contribution < 1.29 is 4.39 Å². The average molecular weight is 411 g/mol. The molecular weight excluding hydrogens is 389 g/mol. The number of hydrogen-bond acceptors (Lipinski definition) is 5. The van der Waals surface area contributed by atoms with Crippen LogP contribution in [0.1, 0.15) is 28.7 Å². The van der Waals surface area contributed by atoms with Gasteiger partial charge in [0.15, 0.2) is 11.6 Å². The highest BCUT2D eigenvalue weighted by Gasteiger charge is 2.10. The molecule has 0 unspecified atom stereocenters. The Kier molecular flexibility index (Phi) is 6.98. The van der Waals surface area contributed by atoms with Crippen LogP contribution in [0.3, 0.4) is 0 Å². The van der Waals surface area contributed by atoms with Gasteiger partial charge in [-0.05, 0) is 85.0 Å². The quantitative estimate of drug-likeness (QED) is 0.445. The van der Waals surface area contributed by atoms with E-state index in [2.05, 4.69) is 21.7 Å². The molecule has 0 saturated heterocycles. The van der Waals surface area contributed by atoms with Crippen LogP contribution in [0.15, 0.2) is 54.6 Å². The summed E-state index contributed by atoms with van der Waals surface area (Å²) in [5.41, 5.74) is 5.58. The van der Waals surface area contributed by atoms with E-state index in [1.165, 1.54) is 12.1 Å². The van der Waals surface area contributed by atoms with Gasteiger partial charge in [0.2, 0.25) is 0 Å². The lowest BCUT2D eigenvalue weighted by Gasteiger charge is -2.15. The highest BCUT2D eigenvalue weighted by atomic mass is 19.1. The molecule has 0 aliphatic rings. The molecule has 3 aromatic rings. The Labute approximate surface area is 181 Å². The molecule has 31 heavy (non-hydrogen) atoms. The zero-order valence-electron chi connectivity index (χ0n) is 17.4. The summed E-state index contributed by atoms with van der Waals surface area (Å²) in [6.45, 7) is 3.94. The zero-order valence-corrected chi connectivity index (χ0v) is 17.4. The maximum atomic E-state index is 14.3. The largest absolute Gasteiger partial charge is 0.340 e. The number of nitrogens with zero attached hydrogens (tertiary/aromatic N) is 3. The van der Waals surface area contributed by atoms with Crippen molar-refractivity contribution in [1.82, 2.24) is 4.98 Å². The number of nitrogens with one attached hydrogen (secondary N) is 2. The minimum absolute atomic E-state index is 0.124. The normalized spacial score (nSPS) is 10.5. The first-order valence-corrected chi connectivity index (χ1v) is 9.84. The molecule has 0 aliphatic carbocycles. The van der Waals surface area contributed by atoms with Crippen molar-refractivity contribution in [3.05, 3.63) is 82.7 Å². The molecule has 0 atom stereocenters. The van der Waals surface area contributed by atoms with E-state index in [0.717, 1.165) is 27.9 Å². The first kappa shape index (κ1) is 21.5. The molecule has 5 nitrogen and oxygen atoms in total. The Bertz CT molecular complexity index is 1160. The molecule has 1 heterocycles. The van der Waals surface area contributed by atoms with Gasteiger partial charge in [0, 0.05) is 23.9 Å². The van der Waals surface area contributed by atoms with Gasteiger partial charge in [-0.25, -0.2) is 9.37 Å². The maximum absolute atomic E-state index is 14.3. The van der Waals surface area contributed by atoms with Crippen molar-refractivity contribution in [3.8, 4) is 12.1 Å². The molecule has 0 amide bonds. The summed E-state index contributed by atoms with van der Waals surface area (Å²) in [5, 5.41) is 23.7. The third kappa shape index (κ3) is 5.68. The van der Waals surface area contributed by atoms with E-state index in [0.29, 0.717) is 24.3 Å². The lowest BCUT2D eigenvalue weighted by molar-refractivity contribution is 0.627. The Morgan fingerprint density at radius 2 is 1.71 bits per heavy atom. The number of nitriles is 2. The second-order valence-corrected chi connectivity index (χ2v) is 7.12. The monoisotopic (exact) mass is 411 g/mol. The lowest BCUT2D eigenvalue weighted by Crippen LogP contribution is -2.03. The van der Waals surface area contributed by atoms with E-state index in [-0.39, 0.29) is 5.82 Å². The number of rotatable bonds is 7. The summed E-state index contributed by atoms with van der Waals surface area (Å²) < 4.78 is 14.3. The Hall–Kier alpha value is -4.16. The topological polar surface area (TPSA) is 84.5 Å². The molecule has 2 aromatic carbocycles. The Morgan fingerprint density at radius 3 is 2.35 bits per heavy atom. The van der Waals surface area contributed by atoms with E-state index >= 15 is 0 Å². The molecule has 6 heteroatoms. The van der Waals surface area contributed by atoms with Gasteiger partial charge in [0.05, 0.1) is 12.1 Å². The highest BCUT2D eigenvalue weighted by Crippen LogP contribution is 2.28. The van der Waals surface area contributed by atoms with E-state index < -0.39 is 5.82 Å². The Morgan fingerprint density at radius 1 is 1.00 bits per heavy atom. The van der Waals surface area contributed by atoms with Crippen molar-refractivity contribution in [2.24, 2.45) is 0 Å². The molecule has 0 radical (unpaired) electrons. The molecule has 1 aromatic heterocycles. The summed E-state index contributed by atoms with van der Waals surface area (Å²) >= 11 is 0. The molecule has 0 bridgehead atoms. The third-order valence-electron chi connectivity index (χ3n) is 4.75. The van der Waals surface area contributed by atoms with E-state index in [4.69, 9.17) is 10.5 Å². The number of allylic oxidation sites excluding steroid dienone is 1. The average Bonchev–Trinajstić information content (AvgIpc) is 2.76. The van der Waals surface area contributed by atoms with Crippen LogP contribution in [0.25, 0.3) is 6.08 Å². The van der Waals surface area contributed by atoms with Crippen LogP contribution in [0, 0.1) is 42.3 Å². The maximum Gasteiger partial charge on any atom is 0.168 e. The van der Waals surface area contributed by atoms with Crippen molar-refractivity contribution in [2.45, 2.75) is 26.7 Å². The van der Waals surface area contributed by atoms with Crippen molar-refractivity contribution >= 4 is 29.1 Å². The molecule has 0 saturated carbocycles. The first-order chi connectivity index (χ1) is 15.0. The number of anilines is 4. The van der Waals surface area contributed by atoms with E-state index in [1.807, 2.05) is 56.3 Å². The standard InChI is InChI=1S/C25H22FN5/c1-17-15-20(6-4-14-28)16-18(2)24(17)30-23-12-11-22(26)25(31-23)29-21-9-7-19(8-10-21)5-3-13-27/h4,6-12,15-16H,3,5H2,1-2H3,(H2,29,30,31)/b6-4+. The van der Waals surface area contributed by atoms with Crippen LogP contribution in [-0.2, 0) is 6.42 Å². The molecule has 0 spiro atoms. The SMILES string of the molecule is Cc1cc(/C=C/C#N)cc(C)c1Nc1ccc(F)c(Nc2ccc(CCC#N)cc2)n1. The van der Waals surface area contributed by atoms with Crippen molar-refractivity contribution in [3.63, 3.8) is 0 Å². The van der Waals surface area contributed by atoms with Gasteiger partial charge in [-0.3, -0.25) is 0 Å². The highest BCUT2D eigenvalue weighted by molar-refractivity contribution is 5.70. The van der Waals surface area contributed by atoms with Crippen molar-refractivity contribution in [1.29, 1.82) is 10.5 Å². The minimum atomic E-state index is -0.454. The number of aryl methyl sites for hydroxylation is 3. The van der Waals surface area contributed by atoms with Crippen LogP contribution in [0.4, 0.5) is 27.4 Å². The first-order valence-electron chi connectivity index (χ1n) is 9.84. The summed E-state index contributed by atoms with van der Waals surface area (Å²) in [6, 6.07) is 18.5. The second kappa shape index (κ2) is 10.0. The number of hydrogen-bond donors (Lipinski definition) is 2. The van der Waals surface area contributed by atoms with Gasteiger partial charge in [-0.15, -0.1) is 0 Å². The van der Waals surface area contributed by atoms with Gasteiger partial charge in [-0.2, -0.15) is 10.5 Å². The summed E-state index contributed by atoms with van der Waals surface area (Å²) in [6.07, 6.45) is 4.35. The van der Waals surface area contributed by atoms with Crippen molar-refractivity contribution in [2.75, 3.05) is 10.6 Å².